The highest BCUT2D eigenvalue weighted by Crippen LogP contribution is 2.30. The molecule has 3 aromatic rings. The molecule has 0 radical (unpaired) electrons. The number of amides is 1. The number of carbonyl (C=O) groups is 1. The summed E-state index contributed by atoms with van der Waals surface area (Å²) >= 11 is 1.56. The second-order valence-corrected chi connectivity index (χ2v) is 6.83. The number of aryl methyl sites for hydroxylation is 1. The van der Waals surface area contributed by atoms with Crippen molar-refractivity contribution in [3.05, 3.63) is 63.7 Å². The lowest BCUT2D eigenvalue weighted by Gasteiger charge is -2.26. The van der Waals surface area contributed by atoms with Crippen LogP contribution in [0.3, 0.4) is 0 Å². The first-order chi connectivity index (χ1) is 11.6. The molecule has 1 aromatic carbocycles. The highest BCUT2D eigenvalue weighted by Gasteiger charge is 2.22. The number of benzene rings is 1. The van der Waals surface area contributed by atoms with Gasteiger partial charge >= 0.3 is 0 Å². The molecule has 0 spiro atoms. The van der Waals surface area contributed by atoms with E-state index in [9.17, 15) is 9.18 Å². The van der Waals surface area contributed by atoms with Gasteiger partial charge in [-0.3, -0.25) is 4.79 Å². The summed E-state index contributed by atoms with van der Waals surface area (Å²) in [4.78, 5) is 17.6. The van der Waals surface area contributed by atoms with Crippen LogP contribution >= 0.6 is 11.3 Å². The normalized spacial score (nSPS) is 14.9. The molecule has 1 amide bonds. The molecule has 3 nitrogen and oxygen atoms in total. The van der Waals surface area contributed by atoms with Crippen molar-refractivity contribution < 1.29 is 9.18 Å². The molecule has 0 aliphatic carbocycles. The predicted molar refractivity (Wildman–Crippen MR) is 95.8 cm³/mol. The number of thiophene rings is 1. The lowest BCUT2D eigenvalue weighted by molar-refractivity contribution is 0.0773. The summed E-state index contributed by atoms with van der Waals surface area (Å²) in [5.41, 5.74) is 4.96. The van der Waals surface area contributed by atoms with Gasteiger partial charge in [-0.05, 0) is 48.1 Å². The molecule has 3 heterocycles. The number of hydrogen-bond acceptors (Lipinski definition) is 2. The van der Waals surface area contributed by atoms with Crippen molar-refractivity contribution in [3.63, 3.8) is 0 Å². The van der Waals surface area contributed by atoms with Gasteiger partial charge in [-0.15, -0.1) is 0 Å². The maximum Gasteiger partial charge on any atom is 0.255 e. The topological polar surface area (TPSA) is 36.1 Å². The summed E-state index contributed by atoms with van der Waals surface area (Å²) in [6, 6.07) is 4.80. The van der Waals surface area contributed by atoms with Gasteiger partial charge in [0.2, 0.25) is 0 Å². The summed E-state index contributed by atoms with van der Waals surface area (Å²) in [5.74, 6) is -0.138. The first-order valence-electron chi connectivity index (χ1n) is 7.91. The molecule has 122 valence electrons. The molecule has 0 saturated heterocycles. The SMILES string of the molecule is Cc1cscc1C(=O)N1CC=C(c2c[nH]c3cc(F)ccc23)CC1. The number of carbonyl (C=O) groups excluding carboxylic acids is 1. The van der Waals surface area contributed by atoms with Crippen LogP contribution in [0.25, 0.3) is 16.5 Å². The highest BCUT2D eigenvalue weighted by molar-refractivity contribution is 7.08. The van der Waals surface area contributed by atoms with Crippen LogP contribution in [0, 0.1) is 12.7 Å². The molecule has 0 bridgehead atoms. The number of rotatable bonds is 2. The van der Waals surface area contributed by atoms with Gasteiger partial charge in [-0.2, -0.15) is 11.3 Å². The van der Waals surface area contributed by atoms with E-state index in [4.69, 9.17) is 0 Å². The van der Waals surface area contributed by atoms with Gasteiger partial charge in [0, 0.05) is 41.1 Å². The molecule has 0 fully saturated rings. The smallest absolute Gasteiger partial charge is 0.255 e. The van der Waals surface area contributed by atoms with Crippen LogP contribution in [0.5, 0.6) is 0 Å². The zero-order valence-electron chi connectivity index (χ0n) is 13.3. The Bertz CT molecular complexity index is 953. The van der Waals surface area contributed by atoms with Gasteiger partial charge in [0.15, 0.2) is 0 Å². The third-order valence-corrected chi connectivity index (χ3v) is 5.43. The van der Waals surface area contributed by atoms with E-state index in [1.807, 2.05) is 34.8 Å². The summed E-state index contributed by atoms with van der Waals surface area (Å²) in [6.45, 7) is 3.28. The zero-order chi connectivity index (χ0) is 16.7. The summed E-state index contributed by atoms with van der Waals surface area (Å²) in [6.07, 6.45) is 4.84. The number of aromatic nitrogens is 1. The monoisotopic (exact) mass is 340 g/mol. The molecule has 1 aliphatic heterocycles. The number of halogens is 1. The number of nitrogens with zero attached hydrogens (tertiary/aromatic N) is 1. The maximum atomic E-state index is 13.3. The standard InChI is InChI=1S/C19H17FN2OS/c1-12-10-24-11-17(12)19(23)22-6-4-13(5-7-22)16-9-21-18-8-14(20)2-3-15(16)18/h2-4,8-11,21H,5-7H2,1H3. The number of nitrogens with one attached hydrogen (secondary N) is 1. The summed E-state index contributed by atoms with van der Waals surface area (Å²) in [5, 5.41) is 4.95. The molecule has 4 rings (SSSR count). The van der Waals surface area contributed by atoms with Crippen LogP contribution in [-0.2, 0) is 0 Å². The Balaban J connectivity index is 1.58. The average molecular weight is 340 g/mol. The van der Waals surface area contributed by atoms with Crippen molar-refractivity contribution in [1.82, 2.24) is 9.88 Å². The van der Waals surface area contributed by atoms with E-state index < -0.39 is 0 Å². The Morgan fingerprint density at radius 3 is 2.92 bits per heavy atom. The molecule has 24 heavy (non-hydrogen) atoms. The Morgan fingerprint density at radius 2 is 2.21 bits per heavy atom. The van der Waals surface area contributed by atoms with Crippen LogP contribution in [0.4, 0.5) is 4.39 Å². The fourth-order valence-corrected chi connectivity index (χ4v) is 4.03. The van der Waals surface area contributed by atoms with Crippen molar-refractivity contribution in [2.45, 2.75) is 13.3 Å². The zero-order valence-corrected chi connectivity index (χ0v) is 14.1. The summed E-state index contributed by atoms with van der Waals surface area (Å²) < 4.78 is 13.3. The highest BCUT2D eigenvalue weighted by atomic mass is 32.1. The molecule has 1 aliphatic rings. The minimum atomic E-state index is -0.239. The average Bonchev–Trinajstić information content (AvgIpc) is 3.20. The molecule has 1 N–H and O–H groups in total. The van der Waals surface area contributed by atoms with E-state index >= 15 is 0 Å². The molecular weight excluding hydrogens is 323 g/mol. The summed E-state index contributed by atoms with van der Waals surface area (Å²) in [7, 11) is 0. The third kappa shape index (κ3) is 2.55. The maximum absolute atomic E-state index is 13.3. The fraction of sp³-hybridized carbons (Fsp3) is 0.211. The predicted octanol–water partition coefficient (Wildman–Crippen LogP) is 4.61. The van der Waals surface area contributed by atoms with Gasteiger partial charge in [0.25, 0.3) is 5.91 Å². The van der Waals surface area contributed by atoms with Crippen molar-refractivity contribution >= 4 is 33.7 Å². The van der Waals surface area contributed by atoms with Gasteiger partial charge in [-0.1, -0.05) is 6.08 Å². The van der Waals surface area contributed by atoms with Crippen LogP contribution < -0.4 is 0 Å². The van der Waals surface area contributed by atoms with E-state index in [1.165, 1.54) is 17.7 Å². The molecule has 5 heteroatoms. The number of hydrogen-bond donors (Lipinski definition) is 1. The number of H-pyrrole nitrogens is 1. The van der Waals surface area contributed by atoms with Crippen LogP contribution in [0.1, 0.15) is 27.9 Å². The van der Waals surface area contributed by atoms with E-state index in [-0.39, 0.29) is 11.7 Å². The minimum Gasteiger partial charge on any atom is -0.360 e. The Morgan fingerprint density at radius 1 is 1.33 bits per heavy atom. The molecule has 0 saturated carbocycles. The second kappa shape index (κ2) is 5.91. The lowest BCUT2D eigenvalue weighted by atomic mass is 9.98. The van der Waals surface area contributed by atoms with Crippen molar-refractivity contribution in [2.24, 2.45) is 0 Å². The first-order valence-corrected chi connectivity index (χ1v) is 8.86. The van der Waals surface area contributed by atoms with Gasteiger partial charge < -0.3 is 9.88 Å². The van der Waals surface area contributed by atoms with E-state index in [0.29, 0.717) is 13.1 Å². The second-order valence-electron chi connectivity index (χ2n) is 6.09. The van der Waals surface area contributed by atoms with E-state index in [2.05, 4.69) is 11.1 Å². The van der Waals surface area contributed by atoms with Gasteiger partial charge in [-0.25, -0.2) is 4.39 Å². The molecule has 0 unspecified atom stereocenters. The van der Waals surface area contributed by atoms with E-state index in [1.54, 1.807) is 11.3 Å². The van der Waals surface area contributed by atoms with Crippen LogP contribution in [0.15, 0.2) is 41.2 Å². The van der Waals surface area contributed by atoms with Crippen molar-refractivity contribution in [1.29, 1.82) is 0 Å². The largest absolute Gasteiger partial charge is 0.360 e. The van der Waals surface area contributed by atoms with E-state index in [0.717, 1.165) is 34.0 Å². The van der Waals surface area contributed by atoms with Crippen molar-refractivity contribution in [3.8, 4) is 0 Å². The van der Waals surface area contributed by atoms with Crippen LogP contribution in [0.2, 0.25) is 0 Å². The van der Waals surface area contributed by atoms with Gasteiger partial charge in [0.05, 0.1) is 5.56 Å². The fourth-order valence-electron chi connectivity index (χ4n) is 3.21. The molecule has 0 atom stereocenters. The number of aromatic amines is 1. The Kier molecular flexibility index (Phi) is 3.73. The van der Waals surface area contributed by atoms with Gasteiger partial charge in [0.1, 0.15) is 5.82 Å². The molecule has 2 aromatic heterocycles. The Labute approximate surface area is 143 Å². The Hall–Kier alpha value is -2.40. The third-order valence-electron chi connectivity index (χ3n) is 4.57. The minimum absolute atomic E-state index is 0.102. The quantitative estimate of drug-likeness (QED) is 0.727. The molecular formula is C19H17FN2OS. The van der Waals surface area contributed by atoms with Crippen LogP contribution in [-0.4, -0.2) is 28.9 Å². The lowest BCUT2D eigenvalue weighted by Crippen LogP contribution is -2.34. The first kappa shape index (κ1) is 15.1. The van der Waals surface area contributed by atoms with Crippen molar-refractivity contribution in [2.75, 3.05) is 13.1 Å². The number of fused-ring (bicyclic) bond motifs is 1.